The first-order valence-electron chi connectivity index (χ1n) is 5.15. The molecule has 2 N–H and O–H groups in total. The van der Waals surface area contributed by atoms with Crippen molar-refractivity contribution in [3.8, 4) is 0 Å². The number of carbonyl (C=O) groups excluding carboxylic acids is 1. The Bertz CT molecular complexity index is 289. The maximum atomic E-state index is 13.4. The van der Waals surface area contributed by atoms with E-state index in [2.05, 4.69) is 5.32 Å². The van der Waals surface area contributed by atoms with Crippen molar-refractivity contribution in [2.24, 2.45) is 5.92 Å². The molecule has 0 saturated carbocycles. The number of Topliss-reactive ketones (excluding diaryl/α,β-unsaturated/α-hetero) is 1. The maximum Gasteiger partial charge on any atom is 0.303 e. The lowest BCUT2D eigenvalue weighted by atomic mass is 9.97. The van der Waals surface area contributed by atoms with Crippen LogP contribution in [0.1, 0.15) is 26.7 Å². The molecule has 16 heavy (non-hydrogen) atoms. The second-order valence-corrected chi connectivity index (χ2v) is 3.71. The molecule has 0 bridgehead atoms. The Morgan fingerprint density at radius 2 is 2.06 bits per heavy atom. The first-order valence-corrected chi connectivity index (χ1v) is 5.15. The highest BCUT2D eigenvalue weighted by molar-refractivity contribution is 5.80. The standard InChI is InChI=1S/C11H18FNO3/c1-7(13-3)10(12)6-9(8(2)14)4-5-11(15)16/h6-7,9,13H,4-5H2,1-3H3,(H,15,16)/b10-6-/t7-,9+/m0/s1. The van der Waals surface area contributed by atoms with Crippen molar-refractivity contribution in [3.05, 3.63) is 11.9 Å². The van der Waals surface area contributed by atoms with Gasteiger partial charge in [-0.25, -0.2) is 4.39 Å². The van der Waals surface area contributed by atoms with E-state index in [0.29, 0.717) is 0 Å². The van der Waals surface area contributed by atoms with Gasteiger partial charge in [-0.2, -0.15) is 0 Å². The topological polar surface area (TPSA) is 66.4 Å². The third kappa shape index (κ3) is 5.60. The average Bonchev–Trinajstić information content (AvgIpc) is 2.21. The molecule has 0 amide bonds. The van der Waals surface area contributed by atoms with Crippen LogP contribution in [0.25, 0.3) is 0 Å². The average molecular weight is 231 g/mol. The van der Waals surface area contributed by atoms with E-state index in [4.69, 9.17) is 5.11 Å². The summed E-state index contributed by atoms with van der Waals surface area (Å²) in [6, 6.07) is -0.466. The van der Waals surface area contributed by atoms with Gasteiger partial charge in [0.05, 0.1) is 6.04 Å². The van der Waals surface area contributed by atoms with Crippen LogP contribution in [-0.4, -0.2) is 29.9 Å². The Morgan fingerprint density at radius 1 is 1.50 bits per heavy atom. The molecule has 0 radical (unpaired) electrons. The first kappa shape index (κ1) is 14.8. The number of allylic oxidation sites excluding steroid dienone is 1. The molecule has 0 fully saturated rings. The van der Waals surface area contributed by atoms with Gasteiger partial charge in [0.15, 0.2) is 0 Å². The number of hydrogen-bond acceptors (Lipinski definition) is 3. The van der Waals surface area contributed by atoms with Crippen molar-refractivity contribution < 1.29 is 19.1 Å². The summed E-state index contributed by atoms with van der Waals surface area (Å²) in [6.45, 7) is 2.96. The molecule has 0 aromatic heterocycles. The molecule has 0 heterocycles. The third-order valence-corrected chi connectivity index (χ3v) is 2.40. The van der Waals surface area contributed by atoms with Crippen molar-refractivity contribution in [2.45, 2.75) is 32.7 Å². The van der Waals surface area contributed by atoms with Crippen molar-refractivity contribution in [1.82, 2.24) is 5.32 Å². The summed E-state index contributed by atoms with van der Waals surface area (Å²) in [4.78, 5) is 21.5. The van der Waals surface area contributed by atoms with E-state index in [1.54, 1.807) is 14.0 Å². The summed E-state index contributed by atoms with van der Waals surface area (Å²) in [6.07, 6.45) is 1.20. The van der Waals surface area contributed by atoms with E-state index in [9.17, 15) is 14.0 Å². The lowest BCUT2D eigenvalue weighted by Gasteiger charge is -2.11. The minimum Gasteiger partial charge on any atom is -0.481 e. The zero-order chi connectivity index (χ0) is 12.7. The largest absolute Gasteiger partial charge is 0.481 e. The van der Waals surface area contributed by atoms with Crippen molar-refractivity contribution in [3.63, 3.8) is 0 Å². The predicted octanol–water partition coefficient (Wildman–Crippen LogP) is 1.52. The SMILES string of the molecule is CN[C@@H](C)/C(F)=C/[C@@H](CCC(=O)O)C(C)=O. The van der Waals surface area contributed by atoms with Gasteiger partial charge in [-0.1, -0.05) is 0 Å². The smallest absolute Gasteiger partial charge is 0.303 e. The normalized spacial score (nSPS) is 15.6. The van der Waals surface area contributed by atoms with E-state index < -0.39 is 23.8 Å². The zero-order valence-electron chi connectivity index (χ0n) is 9.79. The van der Waals surface area contributed by atoms with Crippen LogP contribution in [0.4, 0.5) is 4.39 Å². The Morgan fingerprint density at radius 3 is 2.44 bits per heavy atom. The number of carboxylic acid groups (broad SMARTS) is 1. The molecule has 5 heteroatoms. The number of carbonyl (C=O) groups is 2. The third-order valence-electron chi connectivity index (χ3n) is 2.40. The summed E-state index contributed by atoms with van der Waals surface area (Å²) >= 11 is 0. The first-order chi connectivity index (χ1) is 7.38. The van der Waals surface area contributed by atoms with Gasteiger partial charge in [0.2, 0.25) is 0 Å². The van der Waals surface area contributed by atoms with Crippen LogP contribution < -0.4 is 5.32 Å². The van der Waals surface area contributed by atoms with Crippen LogP contribution in [0, 0.1) is 5.92 Å². The molecular formula is C11H18FNO3. The van der Waals surface area contributed by atoms with Gasteiger partial charge >= 0.3 is 5.97 Å². The fourth-order valence-electron chi connectivity index (χ4n) is 1.16. The summed E-state index contributed by atoms with van der Waals surface area (Å²) in [5.41, 5.74) is 0. The number of hydrogen-bond donors (Lipinski definition) is 2. The van der Waals surface area contributed by atoms with Crippen molar-refractivity contribution in [1.29, 1.82) is 0 Å². The van der Waals surface area contributed by atoms with Crippen LogP contribution >= 0.6 is 0 Å². The molecule has 0 rings (SSSR count). The summed E-state index contributed by atoms with van der Waals surface area (Å²) in [5, 5.41) is 11.2. The van der Waals surface area contributed by atoms with Gasteiger partial charge in [0.1, 0.15) is 11.6 Å². The van der Waals surface area contributed by atoms with Gasteiger partial charge in [0.25, 0.3) is 0 Å². The molecule has 0 aromatic rings. The highest BCUT2D eigenvalue weighted by Gasteiger charge is 2.16. The van der Waals surface area contributed by atoms with Gasteiger partial charge < -0.3 is 10.4 Å². The van der Waals surface area contributed by atoms with Gasteiger partial charge in [0, 0.05) is 12.3 Å². The van der Waals surface area contributed by atoms with Crippen LogP contribution in [0.15, 0.2) is 11.9 Å². The second-order valence-electron chi connectivity index (χ2n) is 3.71. The second kappa shape index (κ2) is 7.11. The molecule has 0 spiro atoms. The Labute approximate surface area is 94.5 Å². The number of ketones is 1. The molecule has 0 saturated heterocycles. The van der Waals surface area contributed by atoms with E-state index in [-0.39, 0.29) is 18.6 Å². The Kier molecular flexibility index (Phi) is 6.56. The van der Waals surface area contributed by atoms with E-state index in [1.807, 2.05) is 0 Å². The fraction of sp³-hybridized carbons (Fsp3) is 0.636. The molecule has 4 nitrogen and oxygen atoms in total. The molecule has 0 aliphatic rings. The minimum atomic E-state index is -0.985. The molecule has 0 unspecified atom stereocenters. The van der Waals surface area contributed by atoms with Crippen LogP contribution in [0.3, 0.4) is 0 Å². The number of aliphatic carboxylic acids is 1. The highest BCUT2D eigenvalue weighted by atomic mass is 19.1. The van der Waals surface area contributed by atoms with Crippen LogP contribution in [-0.2, 0) is 9.59 Å². The summed E-state index contributed by atoms with van der Waals surface area (Å²) in [5.74, 6) is -2.30. The summed E-state index contributed by atoms with van der Waals surface area (Å²) < 4.78 is 13.4. The molecule has 0 aliphatic carbocycles. The minimum absolute atomic E-state index is 0.133. The lowest BCUT2D eigenvalue weighted by Crippen LogP contribution is -2.23. The fourth-order valence-corrected chi connectivity index (χ4v) is 1.16. The molecule has 0 aliphatic heterocycles. The highest BCUT2D eigenvalue weighted by Crippen LogP contribution is 2.15. The molecule has 2 atom stereocenters. The number of halogens is 1. The van der Waals surface area contributed by atoms with Gasteiger partial charge in [-0.3, -0.25) is 9.59 Å². The monoisotopic (exact) mass is 231 g/mol. The Hall–Kier alpha value is -1.23. The van der Waals surface area contributed by atoms with Crippen molar-refractivity contribution in [2.75, 3.05) is 7.05 Å². The number of nitrogens with one attached hydrogen (secondary N) is 1. The number of rotatable bonds is 7. The van der Waals surface area contributed by atoms with Crippen LogP contribution in [0.2, 0.25) is 0 Å². The van der Waals surface area contributed by atoms with Crippen molar-refractivity contribution >= 4 is 11.8 Å². The summed E-state index contributed by atoms with van der Waals surface area (Å²) in [7, 11) is 1.61. The van der Waals surface area contributed by atoms with E-state index >= 15 is 0 Å². The molecular weight excluding hydrogens is 213 g/mol. The lowest BCUT2D eigenvalue weighted by molar-refractivity contribution is -0.137. The molecule has 92 valence electrons. The maximum absolute atomic E-state index is 13.4. The van der Waals surface area contributed by atoms with E-state index in [0.717, 1.165) is 0 Å². The van der Waals surface area contributed by atoms with Gasteiger partial charge in [-0.05, 0) is 33.4 Å². The van der Waals surface area contributed by atoms with Crippen LogP contribution in [0.5, 0.6) is 0 Å². The van der Waals surface area contributed by atoms with Gasteiger partial charge in [-0.15, -0.1) is 0 Å². The quantitative estimate of drug-likeness (QED) is 0.697. The number of likely N-dealkylation sites (N-methyl/N-ethyl adjacent to an activating group) is 1. The predicted molar refractivity (Wildman–Crippen MR) is 58.8 cm³/mol. The zero-order valence-corrected chi connectivity index (χ0v) is 9.79. The molecule has 0 aromatic carbocycles. The Balaban J connectivity index is 4.54. The number of carboxylic acids is 1. The van der Waals surface area contributed by atoms with E-state index in [1.165, 1.54) is 13.0 Å².